The number of carbonyl (C=O) groups excluding carboxylic acids is 1. The van der Waals surface area contributed by atoms with Crippen molar-refractivity contribution in [2.45, 2.75) is 0 Å². The van der Waals surface area contributed by atoms with Crippen LogP contribution in [0, 0.1) is 20.2 Å². The topological polar surface area (TPSA) is 141 Å². The van der Waals surface area contributed by atoms with Crippen LogP contribution in [-0.2, 0) is 0 Å². The molecular weight excluding hydrogens is 370 g/mol. The van der Waals surface area contributed by atoms with E-state index in [-0.39, 0.29) is 33.5 Å². The van der Waals surface area contributed by atoms with Crippen LogP contribution in [0.5, 0.6) is 0 Å². The first-order valence-electron chi connectivity index (χ1n) is 7.87. The number of aromatic nitrogens is 2. The summed E-state index contributed by atoms with van der Waals surface area (Å²) in [6, 6.07) is 7.11. The minimum absolute atomic E-state index is 0.00865. The van der Waals surface area contributed by atoms with Gasteiger partial charge in [-0.15, -0.1) is 0 Å². The summed E-state index contributed by atoms with van der Waals surface area (Å²) in [5.74, 6) is -0.458. The highest BCUT2D eigenvalue weighted by Crippen LogP contribution is 2.23. The van der Waals surface area contributed by atoms with Crippen molar-refractivity contribution in [3.8, 4) is 5.69 Å². The van der Waals surface area contributed by atoms with Gasteiger partial charge in [-0.05, 0) is 12.1 Å². The molecule has 0 radical (unpaired) electrons. The van der Waals surface area contributed by atoms with Gasteiger partial charge in [-0.2, -0.15) is 0 Å². The molecular formula is C17H13N5O6. The molecule has 3 rings (SSSR count). The third-order valence-corrected chi connectivity index (χ3v) is 4.04. The highest BCUT2D eigenvalue weighted by atomic mass is 16.6. The first-order chi connectivity index (χ1) is 13.2. The normalized spacial score (nSPS) is 10.6. The predicted octanol–water partition coefficient (Wildman–Crippen LogP) is 1.90. The number of non-ortho nitro benzene ring substituents is 2. The van der Waals surface area contributed by atoms with Crippen LogP contribution >= 0.6 is 0 Å². The zero-order valence-corrected chi connectivity index (χ0v) is 14.7. The largest absolute Gasteiger partial charge is 0.345 e. The number of hydrogen-bond donors (Lipinski definition) is 0. The molecule has 1 amide bonds. The number of carbonyl (C=O) groups is 1. The summed E-state index contributed by atoms with van der Waals surface area (Å²) in [6.45, 7) is 0. The van der Waals surface area contributed by atoms with Crippen LogP contribution in [0.3, 0.4) is 0 Å². The van der Waals surface area contributed by atoms with E-state index in [1.165, 1.54) is 37.2 Å². The number of fused-ring (bicyclic) bond motifs is 1. The lowest BCUT2D eigenvalue weighted by atomic mass is 10.1. The Hall–Kier alpha value is -4.15. The van der Waals surface area contributed by atoms with E-state index in [2.05, 4.69) is 4.98 Å². The first-order valence-corrected chi connectivity index (χ1v) is 7.87. The standard InChI is InChI=1S/C17H13N5O6/c1-19(2)16(23)13-6-4-11(22(27)28)8-15(13)20-9-18-14-7-10(21(25)26)3-5-12(14)17(20)24/h3-9H,1-2H3. The maximum atomic E-state index is 12.9. The minimum Gasteiger partial charge on any atom is -0.345 e. The molecule has 142 valence electrons. The molecule has 11 nitrogen and oxygen atoms in total. The molecule has 0 unspecified atom stereocenters. The lowest BCUT2D eigenvalue weighted by Crippen LogP contribution is -2.26. The molecule has 0 bridgehead atoms. The van der Waals surface area contributed by atoms with Gasteiger partial charge in [-0.25, -0.2) is 4.98 Å². The molecule has 1 heterocycles. The number of hydrogen-bond acceptors (Lipinski definition) is 7. The molecule has 0 aliphatic heterocycles. The molecule has 0 saturated carbocycles. The number of amides is 1. The van der Waals surface area contributed by atoms with E-state index < -0.39 is 21.3 Å². The molecule has 0 atom stereocenters. The van der Waals surface area contributed by atoms with Gasteiger partial charge in [0.1, 0.15) is 6.33 Å². The molecule has 28 heavy (non-hydrogen) atoms. The van der Waals surface area contributed by atoms with Gasteiger partial charge in [0.2, 0.25) is 0 Å². The zero-order chi connectivity index (χ0) is 20.6. The van der Waals surface area contributed by atoms with Crippen LogP contribution < -0.4 is 5.56 Å². The molecule has 0 spiro atoms. The van der Waals surface area contributed by atoms with Gasteiger partial charge < -0.3 is 4.90 Å². The van der Waals surface area contributed by atoms with E-state index in [4.69, 9.17) is 0 Å². The highest BCUT2D eigenvalue weighted by Gasteiger charge is 2.20. The molecule has 0 aliphatic rings. The van der Waals surface area contributed by atoms with E-state index in [1.807, 2.05) is 0 Å². The molecule has 0 aliphatic carbocycles. The number of nitro groups is 2. The lowest BCUT2D eigenvalue weighted by Gasteiger charge is -2.15. The molecule has 11 heteroatoms. The van der Waals surface area contributed by atoms with E-state index in [0.29, 0.717) is 0 Å². The Balaban J connectivity index is 2.30. The molecule has 1 aromatic heterocycles. The number of nitrogens with zero attached hydrogens (tertiary/aromatic N) is 5. The summed E-state index contributed by atoms with van der Waals surface area (Å²) in [4.78, 5) is 51.5. The van der Waals surface area contributed by atoms with Gasteiger partial charge in [-0.1, -0.05) is 0 Å². The Labute approximate surface area is 156 Å². The second-order valence-corrected chi connectivity index (χ2v) is 6.04. The molecule has 0 saturated heterocycles. The van der Waals surface area contributed by atoms with E-state index >= 15 is 0 Å². The summed E-state index contributed by atoms with van der Waals surface area (Å²) >= 11 is 0. The molecule has 0 N–H and O–H groups in total. The zero-order valence-electron chi connectivity index (χ0n) is 14.7. The van der Waals surface area contributed by atoms with Crippen molar-refractivity contribution in [1.82, 2.24) is 14.5 Å². The highest BCUT2D eigenvalue weighted by molar-refractivity contribution is 5.98. The van der Waals surface area contributed by atoms with Gasteiger partial charge in [0.15, 0.2) is 0 Å². The summed E-state index contributed by atoms with van der Waals surface area (Å²) in [5.41, 5.74) is -0.988. The molecule has 0 fully saturated rings. The van der Waals surface area contributed by atoms with Crippen LogP contribution in [-0.4, -0.2) is 44.3 Å². The molecule has 3 aromatic rings. The van der Waals surface area contributed by atoms with Gasteiger partial charge in [0.05, 0.1) is 32.0 Å². The second kappa shape index (κ2) is 6.87. The SMILES string of the molecule is CN(C)C(=O)c1ccc([N+](=O)[O-])cc1-n1cnc2cc([N+](=O)[O-])ccc2c1=O. The number of nitro benzene ring substituents is 2. The van der Waals surface area contributed by atoms with Crippen molar-refractivity contribution in [3.63, 3.8) is 0 Å². The van der Waals surface area contributed by atoms with E-state index in [1.54, 1.807) is 0 Å². The van der Waals surface area contributed by atoms with Gasteiger partial charge in [0.25, 0.3) is 22.8 Å². The Morgan fingerprint density at radius 2 is 1.64 bits per heavy atom. The fourth-order valence-electron chi connectivity index (χ4n) is 2.65. The quantitative estimate of drug-likeness (QED) is 0.495. The summed E-state index contributed by atoms with van der Waals surface area (Å²) in [5, 5.41) is 22.1. The van der Waals surface area contributed by atoms with Crippen molar-refractivity contribution in [2.75, 3.05) is 14.1 Å². The predicted molar refractivity (Wildman–Crippen MR) is 98.7 cm³/mol. The Morgan fingerprint density at radius 3 is 2.25 bits per heavy atom. The van der Waals surface area contributed by atoms with Crippen LogP contribution in [0.15, 0.2) is 47.5 Å². The third-order valence-electron chi connectivity index (χ3n) is 4.04. The second-order valence-electron chi connectivity index (χ2n) is 6.04. The summed E-state index contributed by atoms with van der Waals surface area (Å²) in [6.07, 6.45) is 1.08. The van der Waals surface area contributed by atoms with Crippen molar-refractivity contribution in [3.05, 3.63) is 78.9 Å². The Morgan fingerprint density at radius 1 is 1.04 bits per heavy atom. The van der Waals surface area contributed by atoms with Crippen molar-refractivity contribution >= 4 is 28.2 Å². The molecule has 2 aromatic carbocycles. The Bertz CT molecular complexity index is 1200. The van der Waals surface area contributed by atoms with Crippen LogP contribution in [0.4, 0.5) is 11.4 Å². The van der Waals surface area contributed by atoms with Crippen molar-refractivity contribution in [1.29, 1.82) is 0 Å². The third kappa shape index (κ3) is 3.16. The average molecular weight is 383 g/mol. The van der Waals surface area contributed by atoms with E-state index in [0.717, 1.165) is 29.1 Å². The van der Waals surface area contributed by atoms with Crippen molar-refractivity contribution < 1.29 is 14.6 Å². The summed E-state index contributed by atoms with van der Waals surface area (Å²) < 4.78 is 1.01. The number of rotatable bonds is 4. The fourth-order valence-corrected chi connectivity index (χ4v) is 2.65. The number of benzene rings is 2. The maximum absolute atomic E-state index is 12.9. The monoisotopic (exact) mass is 383 g/mol. The average Bonchev–Trinajstić information content (AvgIpc) is 2.66. The van der Waals surface area contributed by atoms with E-state index in [9.17, 15) is 29.8 Å². The lowest BCUT2D eigenvalue weighted by molar-refractivity contribution is -0.385. The van der Waals surface area contributed by atoms with Crippen LogP contribution in [0.1, 0.15) is 10.4 Å². The van der Waals surface area contributed by atoms with Gasteiger partial charge >= 0.3 is 0 Å². The van der Waals surface area contributed by atoms with Crippen LogP contribution in [0.2, 0.25) is 0 Å². The van der Waals surface area contributed by atoms with Gasteiger partial charge in [0, 0.05) is 38.4 Å². The summed E-state index contributed by atoms with van der Waals surface area (Å²) in [7, 11) is 3.02. The maximum Gasteiger partial charge on any atom is 0.271 e. The van der Waals surface area contributed by atoms with Crippen LogP contribution in [0.25, 0.3) is 16.6 Å². The Kier molecular flexibility index (Phi) is 4.57. The fraction of sp³-hybridized carbons (Fsp3) is 0.118. The van der Waals surface area contributed by atoms with Crippen molar-refractivity contribution in [2.24, 2.45) is 0 Å². The smallest absolute Gasteiger partial charge is 0.271 e. The minimum atomic E-state index is -0.643. The first kappa shape index (κ1) is 18.6. The van der Waals surface area contributed by atoms with Gasteiger partial charge in [-0.3, -0.25) is 34.4 Å².